The van der Waals surface area contributed by atoms with Crippen LogP contribution in [0.15, 0.2) is 60.8 Å². The largest absolute Gasteiger partial charge is 0.389 e. The quantitative estimate of drug-likeness (QED) is 0.545. The number of ether oxygens (including phenoxy) is 2. The molecule has 1 saturated heterocycles. The Kier molecular flexibility index (Phi) is 12.4. The average Bonchev–Trinajstić information content (AvgIpc) is 2.78. The zero-order valence-electron chi connectivity index (χ0n) is 20.3. The van der Waals surface area contributed by atoms with Crippen LogP contribution in [0.2, 0.25) is 0 Å². The van der Waals surface area contributed by atoms with Gasteiger partial charge in [-0.3, -0.25) is 4.79 Å². The van der Waals surface area contributed by atoms with Gasteiger partial charge in [0.25, 0.3) is 0 Å². The highest BCUT2D eigenvalue weighted by Crippen LogP contribution is 2.25. The molecule has 6 nitrogen and oxygen atoms in total. The molecule has 0 aromatic carbocycles. The van der Waals surface area contributed by atoms with E-state index < -0.39 is 12.4 Å². The molecule has 1 fully saturated rings. The second kappa shape index (κ2) is 15.0. The predicted octanol–water partition coefficient (Wildman–Crippen LogP) is 3.94. The predicted molar refractivity (Wildman–Crippen MR) is 133 cm³/mol. The SMILES string of the molecule is CC1/C=C/CC/C=C/CC(C)C(OC2CC(N)C(O)C(C)O2)C\C=C/C=C/C=C\C(=O)NC1. The molecule has 0 saturated carbocycles. The molecule has 4 N–H and O–H groups in total. The summed E-state index contributed by atoms with van der Waals surface area (Å²) in [5.41, 5.74) is 6.08. The van der Waals surface area contributed by atoms with Gasteiger partial charge in [0.2, 0.25) is 5.91 Å². The van der Waals surface area contributed by atoms with Crippen molar-refractivity contribution in [3.8, 4) is 0 Å². The summed E-state index contributed by atoms with van der Waals surface area (Å²) in [7, 11) is 0. The fourth-order valence-corrected chi connectivity index (χ4v) is 3.84. The first-order chi connectivity index (χ1) is 15.9. The summed E-state index contributed by atoms with van der Waals surface area (Å²) in [6.07, 6.45) is 22.5. The molecule has 0 spiro atoms. The summed E-state index contributed by atoms with van der Waals surface area (Å²) in [6.45, 7) is 6.74. The number of carbonyl (C=O) groups is 1. The van der Waals surface area contributed by atoms with E-state index in [1.165, 1.54) is 6.08 Å². The zero-order chi connectivity index (χ0) is 24.1. The fourth-order valence-electron chi connectivity index (χ4n) is 3.84. The van der Waals surface area contributed by atoms with Crippen LogP contribution in [-0.4, -0.2) is 48.2 Å². The third kappa shape index (κ3) is 10.7. The number of allylic oxidation sites excluding steroid dienone is 7. The first-order valence-electron chi connectivity index (χ1n) is 12.2. The van der Waals surface area contributed by atoms with Crippen LogP contribution in [-0.2, 0) is 14.3 Å². The van der Waals surface area contributed by atoms with Gasteiger partial charge < -0.3 is 25.6 Å². The number of nitrogens with one attached hydrogen (secondary N) is 1. The molecule has 0 radical (unpaired) electrons. The van der Waals surface area contributed by atoms with Gasteiger partial charge in [-0.05, 0) is 44.4 Å². The Morgan fingerprint density at radius 1 is 1.03 bits per heavy atom. The van der Waals surface area contributed by atoms with E-state index in [1.54, 1.807) is 6.08 Å². The van der Waals surface area contributed by atoms with Crippen LogP contribution < -0.4 is 11.1 Å². The van der Waals surface area contributed by atoms with E-state index in [4.69, 9.17) is 15.2 Å². The van der Waals surface area contributed by atoms with Gasteiger partial charge in [0, 0.05) is 25.1 Å². The summed E-state index contributed by atoms with van der Waals surface area (Å²) in [5, 5.41) is 13.0. The standard InChI is InChI=1S/C27H42N2O4/c1-20-14-10-6-4-7-11-15-21(2)24(33-26-18-23(28)27(31)22(3)32-26)16-12-8-5-9-13-17-25(30)29-19-20/h5,7-14,17,20-24,26-27,31H,4,6,15-16,18-19,28H2,1-3H3,(H,29,30)/b9-5+,11-7+,12-8-,14-10+,17-13-. The number of hydrogen-bond donors (Lipinski definition) is 3. The number of hydrogen-bond acceptors (Lipinski definition) is 5. The van der Waals surface area contributed by atoms with Crippen molar-refractivity contribution in [2.24, 2.45) is 17.6 Å². The lowest BCUT2D eigenvalue weighted by Gasteiger charge is -2.38. The Bertz CT molecular complexity index is 716. The molecule has 2 rings (SSSR count). The van der Waals surface area contributed by atoms with Crippen molar-refractivity contribution in [1.29, 1.82) is 0 Å². The van der Waals surface area contributed by atoms with Crippen LogP contribution in [0.4, 0.5) is 0 Å². The van der Waals surface area contributed by atoms with Crippen LogP contribution in [0.1, 0.15) is 52.9 Å². The molecule has 0 bridgehead atoms. The minimum atomic E-state index is -0.666. The summed E-state index contributed by atoms with van der Waals surface area (Å²) >= 11 is 0. The van der Waals surface area contributed by atoms with Crippen molar-refractivity contribution < 1.29 is 19.4 Å². The Hall–Kier alpha value is -1.99. The van der Waals surface area contributed by atoms with Gasteiger partial charge in [0.1, 0.15) is 0 Å². The van der Waals surface area contributed by atoms with Gasteiger partial charge in [-0.25, -0.2) is 0 Å². The van der Waals surface area contributed by atoms with Gasteiger partial charge in [-0.15, -0.1) is 0 Å². The summed E-state index contributed by atoms with van der Waals surface area (Å²) in [4.78, 5) is 11.9. The number of amides is 1. The first-order valence-corrected chi connectivity index (χ1v) is 12.2. The third-order valence-electron chi connectivity index (χ3n) is 6.03. The average molecular weight is 459 g/mol. The number of aliphatic hydroxyl groups excluding tert-OH is 1. The number of nitrogens with two attached hydrogens (primary N) is 1. The highest BCUT2D eigenvalue weighted by molar-refractivity contribution is 5.87. The maximum atomic E-state index is 11.9. The Labute approximate surface area is 199 Å². The highest BCUT2D eigenvalue weighted by atomic mass is 16.7. The Morgan fingerprint density at radius 3 is 2.58 bits per heavy atom. The topological polar surface area (TPSA) is 93.8 Å². The zero-order valence-corrected chi connectivity index (χ0v) is 20.3. The van der Waals surface area contributed by atoms with Crippen molar-refractivity contribution in [1.82, 2.24) is 5.32 Å². The van der Waals surface area contributed by atoms with E-state index in [0.29, 0.717) is 24.8 Å². The van der Waals surface area contributed by atoms with E-state index in [2.05, 4.69) is 49.5 Å². The fraction of sp³-hybridized carbons (Fsp3) is 0.593. The molecular formula is C27H42N2O4. The molecule has 2 aliphatic heterocycles. The minimum absolute atomic E-state index is 0.0356. The van der Waals surface area contributed by atoms with E-state index in [-0.39, 0.29) is 24.2 Å². The molecule has 7 atom stereocenters. The molecule has 6 heteroatoms. The lowest BCUT2D eigenvalue weighted by molar-refractivity contribution is -0.244. The minimum Gasteiger partial charge on any atom is -0.389 e. The van der Waals surface area contributed by atoms with E-state index in [9.17, 15) is 9.90 Å². The second-order valence-corrected chi connectivity index (χ2v) is 9.16. The van der Waals surface area contributed by atoms with Crippen molar-refractivity contribution in [3.05, 3.63) is 60.8 Å². The lowest BCUT2D eigenvalue weighted by Crippen LogP contribution is -2.52. The van der Waals surface area contributed by atoms with Crippen molar-refractivity contribution >= 4 is 5.91 Å². The van der Waals surface area contributed by atoms with Crippen LogP contribution in [0.3, 0.4) is 0 Å². The highest BCUT2D eigenvalue weighted by Gasteiger charge is 2.35. The molecule has 2 aliphatic rings. The van der Waals surface area contributed by atoms with Gasteiger partial charge in [-0.1, -0.05) is 68.5 Å². The van der Waals surface area contributed by atoms with Crippen LogP contribution >= 0.6 is 0 Å². The molecule has 0 aliphatic carbocycles. The van der Waals surface area contributed by atoms with Gasteiger partial charge in [-0.2, -0.15) is 0 Å². The van der Waals surface area contributed by atoms with Gasteiger partial charge in [0.05, 0.1) is 18.3 Å². The smallest absolute Gasteiger partial charge is 0.243 e. The molecule has 2 heterocycles. The number of rotatable bonds is 2. The van der Waals surface area contributed by atoms with Gasteiger partial charge in [0.15, 0.2) is 6.29 Å². The Morgan fingerprint density at radius 2 is 1.79 bits per heavy atom. The second-order valence-electron chi connectivity index (χ2n) is 9.16. The molecule has 33 heavy (non-hydrogen) atoms. The molecule has 1 amide bonds. The number of carbonyl (C=O) groups excluding carboxylic acids is 1. The maximum absolute atomic E-state index is 11.9. The number of aliphatic hydroxyl groups is 1. The molecule has 0 aromatic rings. The molecule has 184 valence electrons. The lowest BCUT2D eigenvalue weighted by atomic mass is 9.96. The van der Waals surface area contributed by atoms with Crippen molar-refractivity contribution in [3.63, 3.8) is 0 Å². The molecular weight excluding hydrogens is 416 g/mol. The molecule has 7 unspecified atom stereocenters. The van der Waals surface area contributed by atoms with Crippen LogP contribution in [0.25, 0.3) is 0 Å². The summed E-state index contributed by atoms with van der Waals surface area (Å²) in [5.74, 6) is 0.502. The van der Waals surface area contributed by atoms with Crippen molar-refractivity contribution in [2.75, 3.05) is 6.54 Å². The van der Waals surface area contributed by atoms with Crippen LogP contribution in [0.5, 0.6) is 0 Å². The Balaban J connectivity index is 2.04. The van der Waals surface area contributed by atoms with Crippen LogP contribution in [0, 0.1) is 11.8 Å². The van der Waals surface area contributed by atoms with Crippen molar-refractivity contribution in [2.45, 2.75) is 83.5 Å². The normalized spacial score (nSPS) is 40.2. The summed E-state index contributed by atoms with van der Waals surface area (Å²) < 4.78 is 12.2. The maximum Gasteiger partial charge on any atom is 0.243 e. The monoisotopic (exact) mass is 458 g/mol. The first kappa shape index (κ1) is 27.3. The summed E-state index contributed by atoms with van der Waals surface area (Å²) in [6, 6.07) is -0.348. The van der Waals surface area contributed by atoms with E-state index >= 15 is 0 Å². The third-order valence-corrected chi connectivity index (χ3v) is 6.03. The van der Waals surface area contributed by atoms with E-state index in [1.807, 2.05) is 25.2 Å². The van der Waals surface area contributed by atoms with E-state index in [0.717, 1.165) is 25.7 Å². The molecule has 0 aromatic heterocycles. The van der Waals surface area contributed by atoms with Gasteiger partial charge >= 0.3 is 0 Å².